The number of nitrogens with one attached hydrogen (secondary N) is 1. The van der Waals surface area contributed by atoms with Crippen molar-refractivity contribution in [3.63, 3.8) is 0 Å². The number of hydrogen-bond acceptors (Lipinski definition) is 5. The molecule has 110 valence electrons. The van der Waals surface area contributed by atoms with Crippen LogP contribution in [0.15, 0.2) is 36.5 Å². The van der Waals surface area contributed by atoms with Crippen molar-refractivity contribution >= 4 is 23.2 Å². The predicted octanol–water partition coefficient (Wildman–Crippen LogP) is 3.28. The molecule has 0 radical (unpaired) electrons. The summed E-state index contributed by atoms with van der Waals surface area (Å²) in [6, 6.07) is 8.89. The number of carbonyl (C=O) groups is 1. The maximum absolute atomic E-state index is 11.9. The predicted molar refractivity (Wildman–Crippen MR) is 83.7 cm³/mol. The number of benzene rings is 1. The lowest BCUT2D eigenvalue weighted by Crippen LogP contribution is -2.11. The molecule has 0 aliphatic carbocycles. The minimum absolute atomic E-state index is 0.150. The van der Waals surface area contributed by atoms with E-state index in [0.717, 1.165) is 11.3 Å². The summed E-state index contributed by atoms with van der Waals surface area (Å²) in [5.74, 6) is 0.216. The summed E-state index contributed by atoms with van der Waals surface area (Å²) in [7, 11) is 0. The van der Waals surface area contributed by atoms with E-state index < -0.39 is 0 Å². The van der Waals surface area contributed by atoms with E-state index >= 15 is 0 Å². The molecule has 1 aromatic carbocycles. The van der Waals surface area contributed by atoms with Crippen LogP contribution in [0, 0.1) is 6.92 Å². The normalized spacial score (nSPS) is 10.5. The average molecular weight is 285 g/mol. The Hall–Kier alpha value is -2.56. The van der Waals surface area contributed by atoms with Crippen LogP contribution in [0.25, 0.3) is 0 Å². The molecule has 0 atom stereocenters. The fourth-order valence-corrected chi connectivity index (χ4v) is 1.84. The minimum Gasteiger partial charge on any atom is -0.459 e. The standard InChI is InChI=1S/C16H19N3O2/c1-10(2)21-16(20)12-5-4-6-13(8-12)19-15-14(17)7-11(3)9-18-15/h4-10H,17H2,1-3H3,(H,18,19). The van der Waals surface area contributed by atoms with Crippen molar-refractivity contribution in [2.45, 2.75) is 26.9 Å². The van der Waals surface area contributed by atoms with Crippen molar-refractivity contribution in [1.29, 1.82) is 0 Å². The number of esters is 1. The SMILES string of the molecule is Cc1cnc(Nc2cccc(C(=O)OC(C)C)c2)c(N)c1. The van der Waals surface area contributed by atoms with Gasteiger partial charge in [0.1, 0.15) is 0 Å². The van der Waals surface area contributed by atoms with Gasteiger partial charge in [-0.1, -0.05) is 6.07 Å². The minimum atomic E-state index is -0.349. The molecule has 0 fully saturated rings. The van der Waals surface area contributed by atoms with Crippen LogP contribution < -0.4 is 11.1 Å². The smallest absolute Gasteiger partial charge is 0.338 e. The molecule has 2 rings (SSSR count). The third-order valence-electron chi connectivity index (χ3n) is 2.76. The highest BCUT2D eigenvalue weighted by Crippen LogP contribution is 2.22. The third-order valence-corrected chi connectivity index (χ3v) is 2.76. The Bertz CT molecular complexity index is 654. The van der Waals surface area contributed by atoms with E-state index in [1.54, 1.807) is 24.4 Å². The molecule has 0 aliphatic heterocycles. The summed E-state index contributed by atoms with van der Waals surface area (Å²) in [6.45, 7) is 5.56. The molecule has 2 aromatic rings. The molecule has 0 bridgehead atoms. The number of nitrogens with two attached hydrogens (primary N) is 1. The van der Waals surface area contributed by atoms with Crippen molar-refractivity contribution in [1.82, 2.24) is 4.98 Å². The zero-order valence-electron chi connectivity index (χ0n) is 12.4. The average Bonchev–Trinajstić information content (AvgIpc) is 2.41. The van der Waals surface area contributed by atoms with Gasteiger partial charge in [0.15, 0.2) is 5.82 Å². The molecule has 1 heterocycles. The molecule has 21 heavy (non-hydrogen) atoms. The summed E-state index contributed by atoms with van der Waals surface area (Å²) < 4.78 is 5.17. The number of aryl methyl sites for hydroxylation is 1. The van der Waals surface area contributed by atoms with E-state index in [1.165, 1.54) is 0 Å². The highest BCUT2D eigenvalue weighted by atomic mass is 16.5. The Balaban J connectivity index is 2.19. The van der Waals surface area contributed by atoms with Crippen LogP contribution in [0.5, 0.6) is 0 Å². The molecule has 0 saturated carbocycles. The van der Waals surface area contributed by atoms with Gasteiger partial charge in [0.25, 0.3) is 0 Å². The Kier molecular flexibility index (Phi) is 4.42. The van der Waals surface area contributed by atoms with Crippen LogP contribution in [-0.2, 0) is 4.74 Å². The summed E-state index contributed by atoms with van der Waals surface area (Å²) in [5, 5.41) is 3.10. The number of carbonyl (C=O) groups excluding carboxylic acids is 1. The summed E-state index contributed by atoms with van der Waals surface area (Å²) in [5.41, 5.74) is 8.69. The van der Waals surface area contributed by atoms with E-state index in [-0.39, 0.29) is 12.1 Å². The maximum Gasteiger partial charge on any atom is 0.338 e. The van der Waals surface area contributed by atoms with Crippen molar-refractivity contribution in [2.24, 2.45) is 0 Å². The zero-order chi connectivity index (χ0) is 15.4. The number of hydrogen-bond donors (Lipinski definition) is 2. The second-order valence-corrected chi connectivity index (χ2v) is 5.11. The molecule has 3 N–H and O–H groups in total. The van der Waals surface area contributed by atoms with Gasteiger partial charge in [-0.15, -0.1) is 0 Å². The monoisotopic (exact) mass is 285 g/mol. The van der Waals surface area contributed by atoms with Crippen LogP contribution in [-0.4, -0.2) is 17.1 Å². The van der Waals surface area contributed by atoms with E-state index in [4.69, 9.17) is 10.5 Å². The molecule has 1 aromatic heterocycles. The maximum atomic E-state index is 11.9. The van der Waals surface area contributed by atoms with Gasteiger partial charge in [-0.3, -0.25) is 0 Å². The fraction of sp³-hybridized carbons (Fsp3) is 0.250. The van der Waals surface area contributed by atoms with Crippen molar-refractivity contribution in [3.8, 4) is 0 Å². The molecule has 0 amide bonds. The fourth-order valence-electron chi connectivity index (χ4n) is 1.84. The van der Waals surface area contributed by atoms with Crippen LogP contribution in [0.1, 0.15) is 29.8 Å². The van der Waals surface area contributed by atoms with Crippen LogP contribution >= 0.6 is 0 Å². The zero-order valence-corrected chi connectivity index (χ0v) is 12.4. The summed E-state index contributed by atoms with van der Waals surface area (Å²) in [4.78, 5) is 16.1. The first-order chi connectivity index (χ1) is 9.95. The number of aromatic nitrogens is 1. The lowest BCUT2D eigenvalue weighted by molar-refractivity contribution is 0.0378. The van der Waals surface area contributed by atoms with Gasteiger partial charge in [-0.05, 0) is 50.6 Å². The van der Waals surface area contributed by atoms with Crippen molar-refractivity contribution in [3.05, 3.63) is 47.7 Å². The number of anilines is 3. The Morgan fingerprint density at radius 3 is 2.76 bits per heavy atom. The number of pyridine rings is 1. The second-order valence-electron chi connectivity index (χ2n) is 5.11. The largest absolute Gasteiger partial charge is 0.459 e. The number of ether oxygens (including phenoxy) is 1. The Morgan fingerprint density at radius 1 is 1.33 bits per heavy atom. The topological polar surface area (TPSA) is 77.2 Å². The number of rotatable bonds is 4. The van der Waals surface area contributed by atoms with Gasteiger partial charge in [-0.2, -0.15) is 0 Å². The molecular formula is C16H19N3O2. The van der Waals surface area contributed by atoms with Crippen LogP contribution in [0.4, 0.5) is 17.2 Å². The van der Waals surface area contributed by atoms with Gasteiger partial charge < -0.3 is 15.8 Å². The van der Waals surface area contributed by atoms with Crippen molar-refractivity contribution < 1.29 is 9.53 Å². The van der Waals surface area contributed by atoms with Crippen molar-refractivity contribution in [2.75, 3.05) is 11.1 Å². The van der Waals surface area contributed by atoms with Gasteiger partial charge in [-0.25, -0.2) is 9.78 Å². The van der Waals surface area contributed by atoms with E-state index in [9.17, 15) is 4.79 Å². The first-order valence-corrected chi connectivity index (χ1v) is 6.76. The quantitative estimate of drug-likeness (QED) is 0.843. The highest BCUT2D eigenvalue weighted by Gasteiger charge is 2.10. The molecule has 0 aliphatic rings. The van der Waals surface area contributed by atoms with E-state index in [0.29, 0.717) is 17.1 Å². The van der Waals surface area contributed by atoms with Gasteiger partial charge in [0.2, 0.25) is 0 Å². The molecule has 0 saturated heterocycles. The second kappa shape index (κ2) is 6.26. The number of nitrogen functional groups attached to an aromatic ring is 1. The first-order valence-electron chi connectivity index (χ1n) is 6.76. The highest BCUT2D eigenvalue weighted by molar-refractivity contribution is 5.91. The van der Waals surface area contributed by atoms with Crippen LogP contribution in [0.3, 0.4) is 0 Å². The molecule has 0 unspecified atom stereocenters. The van der Waals surface area contributed by atoms with Gasteiger partial charge >= 0.3 is 5.97 Å². The lowest BCUT2D eigenvalue weighted by Gasteiger charge is -2.11. The van der Waals surface area contributed by atoms with Gasteiger partial charge in [0.05, 0.1) is 17.4 Å². The van der Waals surface area contributed by atoms with Crippen LogP contribution in [0.2, 0.25) is 0 Å². The van der Waals surface area contributed by atoms with E-state index in [1.807, 2.05) is 32.9 Å². The summed E-state index contributed by atoms with van der Waals surface area (Å²) in [6.07, 6.45) is 1.58. The van der Waals surface area contributed by atoms with Gasteiger partial charge in [0, 0.05) is 11.9 Å². The third kappa shape index (κ3) is 3.95. The Morgan fingerprint density at radius 2 is 2.10 bits per heavy atom. The molecule has 5 nitrogen and oxygen atoms in total. The lowest BCUT2D eigenvalue weighted by atomic mass is 10.2. The molecule has 5 heteroatoms. The van der Waals surface area contributed by atoms with E-state index in [2.05, 4.69) is 10.3 Å². The summed E-state index contributed by atoms with van der Waals surface area (Å²) >= 11 is 0. The number of nitrogens with zero attached hydrogens (tertiary/aromatic N) is 1. The Labute approximate surface area is 124 Å². The first kappa shape index (κ1) is 14.8. The molecular weight excluding hydrogens is 266 g/mol. The molecule has 0 spiro atoms.